The predicted molar refractivity (Wildman–Crippen MR) is 95.3 cm³/mol. The standard InChI is InChI=1S/C18H24N2O6/c1-4-20-8-5-6-11(20)10-19-18(22)26-17-13(21)16(24-3)15-12(7-9-25-15)14(17)23-2/h7,9,11,21H,4-6,8,10H2,1-3H3,(H,19,22). The molecule has 3 rings (SSSR count). The summed E-state index contributed by atoms with van der Waals surface area (Å²) in [4.78, 5) is 14.6. The van der Waals surface area contributed by atoms with Crippen molar-refractivity contribution in [3.05, 3.63) is 12.3 Å². The van der Waals surface area contributed by atoms with Gasteiger partial charge in [0.2, 0.25) is 17.2 Å². The number of furan rings is 1. The first-order chi connectivity index (χ1) is 12.6. The van der Waals surface area contributed by atoms with Crippen LogP contribution in [-0.4, -0.2) is 56.0 Å². The first-order valence-electron chi connectivity index (χ1n) is 8.64. The summed E-state index contributed by atoms with van der Waals surface area (Å²) in [7, 11) is 2.82. The van der Waals surface area contributed by atoms with E-state index in [2.05, 4.69) is 17.1 Å². The van der Waals surface area contributed by atoms with E-state index in [9.17, 15) is 9.90 Å². The Morgan fingerprint density at radius 3 is 2.81 bits per heavy atom. The van der Waals surface area contributed by atoms with Gasteiger partial charge in [-0.15, -0.1) is 0 Å². The predicted octanol–water partition coefficient (Wildman–Crippen LogP) is 2.73. The van der Waals surface area contributed by atoms with E-state index in [4.69, 9.17) is 18.6 Å². The minimum absolute atomic E-state index is 0.0848. The van der Waals surface area contributed by atoms with Crippen LogP contribution in [0.2, 0.25) is 0 Å². The third-order valence-electron chi connectivity index (χ3n) is 4.74. The van der Waals surface area contributed by atoms with Gasteiger partial charge in [-0.2, -0.15) is 0 Å². The van der Waals surface area contributed by atoms with Crippen LogP contribution in [0, 0.1) is 0 Å². The number of amides is 1. The summed E-state index contributed by atoms with van der Waals surface area (Å²) in [5.41, 5.74) is 0.319. The Hall–Kier alpha value is -2.61. The van der Waals surface area contributed by atoms with Gasteiger partial charge in [-0.05, 0) is 32.0 Å². The van der Waals surface area contributed by atoms with Gasteiger partial charge in [-0.1, -0.05) is 6.92 Å². The van der Waals surface area contributed by atoms with Crippen molar-refractivity contribution < 1.29 is 28.5 Å². The van der Waals surface area contributed by atoms with E-state index in [1.54, 1.807) is 6.07 Å². The number of likely N-dealkylation sites (tertiary alicyclic amines) is 1. The molecular weight excluding hydrogens is 340 g/mol. The van der Waals surface area contributed by atoms with E-state index >= 15 is 0 Å². The molecule has 0 aliphatic carbocycles. The van der Waals surface area contributed by atoms with Crippen LogP contribution in [0.3, 0.4) is 0 Å². The number of hydrogen-bond donors (Lipinski definition) is 2. The van der Waals surface area contributed by atoms with Gasteiger partial charge < -0.3 is 29.1 Å². The Labute approximate surface area is 151 Å². The van der Waals surface area contributed by atoms with Gasteiger partial charge in [0.15, 0.2) is 11.3 Å². The first kappa shape index (κ1) is 18.2. The summed E-state index contributed by atoms with van der Waals surface area (Å²) in [6.45, 7) is 4.58. The fraction of sp³-hybridized carbons (Fsp3) is 0.500. The van der Waals surface area contributed by atoms with Gasteiger partial charge in [-0.3, -0.25) is 4.90 Å². The topological polar surface area (TPSA) is 93.4 Å². The summed E-state index contributed by atoms with van der Waals surface area (Å²) in [5.74, 6) is -0.160. The zero-order chi connectivity index (χ0) is 18.7. The minimum Gasteiger partial charge on any atom is -0.501 e. The van der Waals surface area contributed by atoms with Crippen molar-refractivity contribution in [3.8, 4) is 23.0 Å². The van der Waals surface area contributed by atoms with Gasteiger partial charge in [0.05, 0.1) is 25.9 Å². The van der Waals surface area contributed by atoms with E-state index in [0.29, 0.717) is 23.6 Å². The number of benzene rings is 1. The van der Waals surface area contributed by atoms with Gasteiger partial charge in [-0.25, -0.2) is 4.79 Å². The molecule has 2 N–H and O–H groups in total. The minimum atomic E-state index is -0.661. The van der Waals surface area contributed by atoms with Gasteiger partial charge in [0.1, 0.15) is 0 Å². The zero-order valence-corrected chi connectivity index (χ0v) is 15.2. The van der Waals surface area contributed by atoms with E-state index in [1.807, 2.05) is 0 Å². The third kappa shape index (κ3) is 3.24. The molecule has 26 heavy (non-hydrogen) atoms. The summed E-state index contributed by atoms with van der Waals surface area (Å²) < 4.78 is 21.2. The Morgan fingerprint density at radius 1 is 1.35 bits per heavy atom. The molecule has 2 heterocycles. The Bertz CT molecular complexity index is 788. The second-order valence-electron chi connectivity index (χ2n) is 6.10. The molecule has 1 atom stereocenters. The van der Waals surface area contributed by atoms with Crippen molar-refractivity contribution in [2.24, 2.45) is 0 Å². The number of carbonyl (C=O) groups excluding carboxylic acids is 1. The number of aromatic hydroxyl groups is 1. The second-order valence-corrected chi connectivity index (χ2v) is 6.10. The zero-order valence-electron chi connectivity index (χ0n) is 15.2. The lowest BCUT2D eigenvalue weighted by atomic mass is 10.2. The van der Waals surface area contributed by atoms with Gasteiger partial charge in [0.25, 0.3) is 0 Å². The van der Waals surface area contributed by atoms with Crippen LogP contribution in [0.25, 0.3) is 11.0 Å². The number of methoxy groups -OCH3 is 2. The maximum Gasteiger partial charge on any atom is 0.412 e. The molecule has 0 spiro atoms. The van der Waals surface area contributed by atoms with E-state index in [-0.39, 0.29) is 23.0 Å². The highest BCUT2D eigenvalue weighted by Crippen LogP contribution is 2.50. The summed E-state index contributed by atoms with van der Waals surface area (Å²) in [6, 6.07) is 1.95. The molecule has 8 nitrogen and oxygen atoms in total. The highest BCUT2D eigenvalue weighted by atomic mass is 16.6. The summed E-state index contributed by atoms with van der Waals surface area (Å²) in [6.07, 6.45) is 2.94. The van der Waals surface area contributed by atoms with Crippen LogP contribution < -0.4 is 19.5 Å². The van der Waals surface area contributed by atoms with Gasteiger partial charge in [0, 0.05) is 12.6 Å². The number of phenolic OH excluding ortho intramolecular Hbond substituents is 1. The molecule has 1 aromatic heterocycles. The van der Waals surface area contributed by atoms with Crippen molar-refractivity contribution in [3.63, 3.8) is 0 Å². The van der Waals surface area contributed by atoms with Crippen LogP contribution in [-0.2, 0) is 0 Å². The molecule has 0 radical (unpaired) electrons. The number of rotatable bonds is 6. The third-order valence-corrected chi connectivity index (χ3v) is 4.74. The van der Waals surface area contributed by atoms with Gasteiger partial charge >= 0.3 is 6.09 Å². The number of hydrogen-bond acceptors (Lipinski definition) is 7. The normalized spacial score (nSPS) is 17.4. The molecule has 1 aromatic carbocycles. The molecule has 8 heteroatoms. The molecule has 0 bridgehead atoms. The van der Waals surface area contributed by atoms with E-state index < -0.39 is 6.09 Å². The van der Waals surface area contributed by atoms with Crippen molar-refractivity contribution in [1.29, 1.82) is 0 Å². The molecule has 1 fully saturated rings. The SMILES string of the molecule is CCN1CCCC1CNC(=O)Oc1c(O)c(OC)c2occc2c1OC. The Morgan fingerprint density at radius 2 is 2.12 bits per heavy atom. The Kier molecular flexibility index (Phi) is 5.41. The van der Waals surface area contributed by atoms with E-state index in [0.717, 1.165) is 25.9 Å². The number of ether oxygens (including phenoxy) is 3. The molecular formula is C18H24N2O6. The average Bonchev–Trinajstić information content (AvgIpc) is 3.29. The molecule has 1 saturated heterocycles. The van der Waals surface area contributed by atoms with Crippen LogP contribution in [0.4, 0.5) is 4.79 Å². The lowest BCUT2D eigenvalue weighted by Crippen LogP contribution is -2.41. The Balaban J connectivity index is 1.79. The maximum absolute atomic E-state index is 12.3. The van der Waals surface area contributed by atoms with E-state index in [1.165, 1.54) is 20.5 Å². The number of phenols is 1. The molecule has 1 aliphatic heterocycles. The molecule has 1 unspecified atom stereocenters. The largest absolute Gasteiger partial charge is 0.501 e. The summed E-state index contributed by atoms with van der Waals surface area (Å²) in [5, 5.41) is 13.7. The lowest BCUT2D eigenvalue weighted by molar-refractivity contribution is 0.189. The monoisotopic (exact) mass is 364 g/mol. The van der Waals surface area contributed by atoms with Crippen molar-refractivity contribution in [2.75, 3.05) is 33.9 Å². The number of nitrogens with one attached hydrogen (secondary N) is 1. The van der Waals surface area contributed by atoms with Crippen molar-refractivity contribution in [1.82, 2.24) is 10.2 Å². The van der Waals surface area contributed by atoms with Crippen LogP contribution >= 0.6 is 0 Å². The number of fused-ring (bicyclic) bond motifs is 1. The first-order valence-corrected chi connectivity index (χ1v) is 8.64. The molecule has 1 aliphatic rings. The number of likely N-dealkylation sites (N-methyl/N-ethyl adjacent to an activating group) is 1. The smallest absolute Gasteiger partial charge is 0.412 e. The highest BCUT2D eigenvalue weighted by Gasteiger charge is 2.27. The number of nitrogens with zero attached hydrogens (tertiary/aromatic N) is 1. The van der Waals surface area contributed by atoms with Crippen molar-refractivity contribution in [2.45, 2.75) is 25.8 Å². The highest BCUT2D eigenvalue weighted by molar-refractivity contribution is 5.96. The molecule has 2 aromatic rings. The maximum atomic E-state index is 12.3. The second kappa shape index (κ2) is 7.74. The van der Waals surface area contributed by atoms with Crippen LogP contribution in [0.1, 0.15) is 19.8 Å². The number of carbonyl (C=O) groups is 1. The fourth-order valence-electron chi connectivity index (χ4n) is 3.46. The summed E-state index contributed by atoms with van der Waals surface area (Å²) >= 11 is 0. The van der Waals surface area contributed by atoms with Crippen LogP contribution in [0.15, 0.2) is 16.7 Å². The fourth-order valence-corrected chi connectivity index (χ4v) is 3.46. The molecule has 0 saturated carbocycles. The van der Waals surface area contributed by atoms with Crippen LogP contribution in [0.5, 0.6) is 23.0 Å². The van der Waals surface area contributed by atoms with Crippen molar-refractivity contribution >= 4 is 17.1 Å². The molecule has 142 valence electrons. The molecule has 1 amide bonds. The lowest BCUT2D eigenvalue weighted by Gasteiger charge is -2.22. The average molecular weight is 364 g/mol. The quantitative estimate of drug-likeness (QED) is 0.814.